The molecule has 0 aromatic heterocycles. The normalized spacial score (nSPS) is 15.1. The highest BCUT2D eigenvalue weighted by molar-refractivity contribution is 6.48. The van der Waals surface area contributed by atoms with Crippen LogP contribution in [0.2, 0.25) is 0 Å². The zero-order valence-electron chi connectivity index (χ0n) is 6.23. The fourth-order valence-electron chi connectivity index (χ4n) is 1.36. The standard InChI is InChI=1S/C9H6FNO/c10-6-1-2-7-5(3-6)4-8(11)9(7)12/h1-3,11H,4H2. The second-order valence-electron chi connectivity index (χ2n) is 2.79. The molecule has 12 heavy (non-hydrogen) atoms. The fraction of sp³-hybridized carbons (Fsp3) is 0.111. The Bertz CT molecular complexity index is 384. The molecule has 2 rings (SSSR count). The van der Waals surface area contributed by atoms with Crippen LogP contribution in [-0.2, 0) is 6.42 Å². The van der Waals surface area contributed by atoms with Gasteiger partial charge in [0.25, 0.3) is 0 Å². The van der Waals surface area contributed by atoms with E-state index in [2.05, 4.69) is 0 Å². The first kappa shape index (κ1) is 7.16. The summed E-state index contributed by atoms with van der Waals surface area (Å²) in [5, 5.41) is 7.24. The molecule has 0 bridgehead atoms. The van der Waals surface area contributed by atoms with Gasteiger partial charge in [0.05, 0.1) is 5.71 Å². The van der Waals surface area contributed by atoms with Crippen molar-refractivity contribution in [3.05, 3.63) is 35.1 Å². The van der Waals surface area contributed by atoms with Gasteiger partial charge in [-0.1, -0.05) is 0 Å². The molecule has 0 amide bonds. The van der Waals surface area contributed by atoms with E-state index in [1.165, 1.54) is 18.2 Å². The second-order valence-corrected chi connectivity index (χ2v) is 2.79. The number of ketones is 1. The molecule has 1 aromatic rings. The Kier molecular flexibility index (Phi) is 1.33. The van der Waals surface area contributed by atoms with E-state index < -0.39 is 0 Å². The summed E-state index contributed by atoms with van der Waals surface area (Å²) in [5.41, 5.74) is 1.15. The van der Waals surface area contributed by atoms with Gasteiger partial charge in [0.1, 0.15) is 5.82 Å². The maximum atomic E-state index is 12.6. The summed E-state index contributed by atoms with van der Waals surface area (Å²) >= 11 is 0. The van der Waals surface area contributed by atoms with Crippen LogP contribution in [-0.4, -0.2) is 11.5 Å². The molecular formula is C9H6FNO. The van der Waals surface area contributed by atoms with Gasteiger partial charge in [-0.2, -0.15) is 0 Å². The SMILES string of the molecule is N=C1Cc2cc(F)ccc2C1=O. The third-order valence-electron chi connectivity index (χ3n) is 1.95. The summed E-state index contributed by atoms with van der Waals surface area (Å²) in [6.45, 7) is 0. The summed E-state index contributed by atoms with van der Waals surface area (Å²) in [6, 6.07) is 4.00. The molecule has 1 aromatic carbocycles. The van der Waals surface area contributed by atoms with Gasteiger partial charge in [-0.3, -0.25) is 4.79 Å². The first-order valence-electron chi connectivity index (χ1n) is 3.59. The summed E-state index contributed by atoms with van der Waals surface area (Å²) in [6.07, 6.45) is 0.270. The number of carbonyl (C=O) groups is 1. The van der Waals surface area contributed by atoms with E-state index in [1.54, 1.807) is 0 Å². The van der Waals surface area contributed by atoms with Crippen LogP contribution >= 0.6 is 0 Å². The first-order valence-corrected chi connectivity index (χ1v) is 3.59. The van der Waals surface area contributed by atoms with E-state index in [-0.39, 0.29) is 23.7 Å². The van der Waals surface area contributed by atoms with Gasteiger partial charge in [0.2, 0.25) is 5.78 Å². The average Bonchev–Trinajstić information content (AvgIpc) is 2.28. The molecule has 1 aliphatic carbocycles. The molecular weight excluding hydrogens is 157 g/mol. The van der Waals surface area contributed by atoms with E-state index in [4.69, 9.17) is 5.41 Å². The van der Waals surface area contributed by atoms with Crippen LogP contribution in [0.3, 0.4) is 0 Å². The summed E-state index contributed by atoms with van der Waals surface area (Å²) in [5.74, 6) is -0.624. The van der Waals surface area contributed by atoms with Crippen LogP contribution in [0.4, 0.5) is 4.39 Å². The number of hydrogen-bond acceptors (Lipinski definition) is 2. The maximum Gasteiger partial charge on any atom is 0.207 e. The minimum Gasteiger partial charge on any atom is -0.301 e. The Morgan fingerprint density at radius 3 is 2.92 bits per heavy atom. The van der Waals surface area contributed by atoms with E-state index in [1.807, 2.05) is 0 Å². The van der Waals surface area contributed by atoms with Crippen molar-refractivity contribution >= 4 is 11.5 Å². The van der Waals surface area contributed by atoms with Crippen molar-refractivity contribution in [2.24, 2.45) is 0 Å². The monoisotopic (exact) mass is 163 g/mol. The molecule has 1 aliphatic rings. The highest BCUT2D eigenvalue weighted by Crippen LogP contribution is 2.20. The smallest absolute Gasteiger partial charge is 0.207 e. The van der Waals surface area contributed by atoms with Crippen LogP contribution in [0.15, 0.2) is 18.2 Å². The Morgan fingerprint density at radius 2 is 2.17 bits per heavy atom. The number of benzene rings is 1. The van der Waals surface area contributed by atoms with Gasteiger partial charge >= 0.3 is 0 Å². The van der Waals surface area contributed by atoms with Gasteiger partial charge in [0, 0.05) is 12.0 Å². The molecule has 0 heterocycles. The molecule has 0 fully saturated rings. The molecule has 0 spiro atoms. The van der Waals surface area contributed by atoms with Gasteiger partial charge < -0.3 is 5.41 Å². The number of fused-ring (bicyclic) bond motifs is 1. The van der Waals surface area contributed by atoms with E-state index in [0.29, 0.717) is 11.1 Å². The molecule has 3 heteroatoms. The topological polar surface area (TPSA) is 40.9 Å². The quantitative estimate of drug-likeness (QED) is 0.619. The number of Topliss-reactive ketones (excluding diaryl/α,β-unsaturated/α-hetero) is 1. The van der Waals surface area contributed by atoms with Crippen molar-refractivity contribution < 1.29 is 9.18 Å². The van der Waals surface area contributed by atoms with Gasteiger partial charge in [-0.25, -0.2) is 4.39 Å². The van der Waals surface area contributed by atoms with Crippen LogP contribution in [0.1, 0.15) is 15.9 Å². The number of halogens is 1. The van der Waals surface area contributed by atoms with Crippen molar-refractivity contribution in [1.29, 1.82) is 5.41 Å². The number of hydrogen-bond donors (Lipinski definition) is 1. The lowest BCUT2D eigenvalue weighted by Gasteiger charge is -1.94. The Morgan fingerprint density at radius 1 is 1.42 bits per heavy atom. The van der Waals surface area contributed by atoms with E-state index in [0.717, 1.165) is 0 Å². The van der Waals surface area contributed by atoms with Crippen LogP contribution < -0.4 is 0 Å². The molecule has 0 saturated heterocycles. The third-order valence-corrected chi connectivity index (χ3v) is 1.95. The Hall–Kier alpha value is -1.51. The van der Waals surface area contributed by atoms with E-state index in [9.17, 15) is 9.18 Å². The van der Waals surface area contributed by atoms with Crippen LogP contribution in [0, 0.1) is 11.2 Å². The van der Waals surface area contributed by atoms with Crippen molar-refractivity contribution in [1.82, 2.24) is 0 Å². The highest BCUT2D eigenvalue weighted by Gasteiger charge is 2.24. The van der Waals surface area contributed by atoms with Crippen LogP contribution in [0.25, 0.3) is 0 Å². The third kappa shape index (κ3) is 0.863. The largest absolute Gasteiger partial charge is 0.301 e. The second kappa shape index (κ2) is 2.24. The summed E-state index contributed by atoms with van der Waals surface area (Å²) in [4.78, 5) is 11.2. The minimum atomic E-state index is -0.351. The van der Waals surface area contributed by atoms with Crippen molar-refractivity contribution in [3.8, 4) is 0 Å². The zero-order chi connectivity index (χ0) is 8.72. The lowest BCUT2D eigenvalue weighted by Crippen LogP contribution is -2.04. The molecule has 0 unspecified atom stereocenters. The lowest BCUT2D eigenvalue weighted by atomic mass is 10.1. The summed E-state index contributed by atoms with van der Waals surface area (Å²) < 4.78 is 12.6. The van der Waals surface area contributed by atoms with Gasteiger partial charge in [0.15, 0.2) is 0 Å². The van der Waals surface area contributed by atoms with E-state index >= 15 is 0 Å². The molecule has 60 valence electrons. The first-order chi connectivity index (χ1) is 5.68. The predicted octanol–water partition coefficient (Wildman–Crippen LogP) is 1.58. The number of nitrogens with one attached hydrogen (secondary N) is 1. The molecule has 0 saturated carbocycles. The zero-order valence-corrected chi connectivity index (χ0v) is 6.23. The van der Waals surface area contributed by atoms with Crippen molar-refractivity contribution in [2.45, 2.75) is 6.42 Å². The van der Waals surface area contributed by atoms with Gasteiger partial charge in [-0.15, -0.1) is 0 Å². The summed E-state index contributed by atoms with van der Waals surface area (Å²) in [7, 11) is 0. The van der Waals surface area contributed by atoms with Gasteiger partial charge in [-0.05, 0) is 23.8 Å². The highest BCUT2D eigenvalue weighted by atomic mass is 19.1. The van der Waals surface area contributed by atoms with Crippen molar-refractivity contribution in [3.63, 3.8) is 0 Å². The number of carbonyl (C=O) groups excluding carboxylic acids is 1. The number of rotatable bonds is 0. The molecule has 0 atom stereocenters. The van der Waals surface area contributed by atoms with Crippen LogP contribution in [0.5, 0.6) is 0 Å². The van der Waals surface area contributed by atoms with Crippen molar-refractivity contribution in [2.75, 3.05) is 0 Å². The molecule has 0 aliphatic heterocycles. The minimum absolute atomic E-state index is 0.0515. The fourth-order valence-corrected chi connectivity index (χ4v) is 1.36. The predicted molar refractivity (Wildman–Crippen MR) is 42.2 cm³/mol. The maximum absolute atomic E-state index is 12.6. The Labute approximate surface area is 68.5 Å². The average molecular weight is 163 g/mol. The molecule has 1 N–H and O–H groups in total. The molecule has 0 radical (unpaired) electrons. The molecule has 2 nitrogen and oxygen atoms in total. The Balaban J connectivity index is 2.62. The lowest BCUT2D eigenvalue weighted by molar-refractivity contribution is 0.106.